The van der Waals surface area contributed by atoms with E-state index < -0.39 is 11.5 Å². The van der Waals surface area contributed by atoms with Crippen LogP contribution < -0.4 is 11.1 Å². The highest BCUT2D eigenvalue weighted by Gasteiger charge is 2.13. The van der Waals surface area contributed by atoms with Crippen LogP contribution >= 0.6 is 0 Å². The van der Waals surface area contributed by atoms with Crippen LogP contribution in [0.3, 0.4) is 0 Å². The lowest BCUT2D eigenvalue weighted by Gasteiger charge is -2.04. The van der Waals surface area contributed by atoms with E-state index in [1.54, 1.807) is 24.3 Å². The predicted molar refractivity (Wildman–Crippen MR) is 66.2 cm³/mol. The van der Waals surface area contributed by atoms with E-state index in [0.717, 1.165) is 0 Å². The number of hydrogen-bond acceptors (Lipinski definition) is 5. The zero-order chi connectivity index (χ0) is 13.2. The molecule has 0 aliphatic carbocycles. The summed E-state index contributed by atoms with van der Waals surface area (Å²) in [7, 11) is 0. The fourth-order valence-corrected chi connectivity index (χ4v) is 1.66. The highest BCUT2D eigenvalue weighted by atomic mass is 16.4. The summed E-state index contributed by atoms with van der Waals surface area (Å²) < 4.78 is 6.32. The maximum Gasteiger partial charge on any atom is 0.349 e. The van der Waals surface area contributed by atoms with Crippen LogP contribution in [-0.4, -0.2) is 20.8 Å². The van der Waals surface area contributed by atoms with Gasteiger partial charge in [0.25, 0.3) is 5.91 Å². The van der Waals surface area contributed by atoms with Gasteiger partial charge in [-0.1, -0.05) is 18.2 Å². The summed E-state index contributed by atoms with van der Waals surface area (Å²) in [5.41, 5.74) is 2.11. The minimum Gasteiger partial charge on any atom is -0.422 e. The maximum absolute atomic E-state index is 11.9. The molecular weight excluding hydrogens is 248 g/mol. The number of para-hydroxylation sites is 1. The molecule has 3 aromatic rings. The minimum absolute atomic E-state index is 0.0765. The Hall–Kier alpha value is -2.96. The molecule has 3 rings (SSSR count). The van der Waals surface area contributed by atoms with Gasteiger partial charge in [0.1, 0.15) is 23.8 Å². The number of nitrogens with one attached hydrogen (secondary N) is 1. The van der Waals surface area contributed by atoms with Crippen LogP contribution in [0.15, 0.2) is 52.2 Å². The number of benzene rings is 1. The summed E-state index contributed by atoms with van der Waals surface area (Å²) in [6, 6.07) is 8.46. The summed E-state index contributed by atoms with van der Waals surface area (Å²) in [6.45, 7) is 0. The van der Waals surface area contributed by atoms with Crippen molar-refractivity contribution in [2.45, 2.75) is 0 Å². The molecule has 0 fully saturated rings. The number of hydrogen-bond donors (Lipinski definition) is 1. The van der Waals surface area contributed by atoms with Gasteiger partial charge in [0.2, 0.25) is 0 Å². The third-order valence-corrected chi connectivity index (χ3v) is 2.54. The van der Waals surface area contributed by atoms with Crippen LogP contribution in [0.4, 0.5) is 0 Å². The first-order valence-corrected chi connectivity index (χ1v) is 5.43. The normalized spacial score (nSPS) is 10.5. The Labute approximate surface area is 106 Å². The topological polar surface area (TPSA) is 90.0 Å². The SMILES string of the molecule is O=C(Nn1cnnc1)c1cc2ccccc2oc1=O. The fraction of sp³-hybridized carbons (Fsp3) is 0. The van der Waals surface area contributed by atoms with Gasteiger partial charge in [-0.3, -0.25) is 10.2 Å². The molecule has 0 radical (unpaired) electrons. The molecule has 0 aliphatic rings. The van der Waals surface area contributed by atoms with E-state index in [9.17, 15) is 9.59 Å². The highest BCUT2D eigenvalue weighted by molar-refractivity contribution is 6.01. The minimum atomic E-state index is -0.690. The molecule has 94 valence electrons. The van der Waals surface area contributed by atoms with Crippen molar-refractivity contribution in [3.05, 3.63) is 59.0 Å². The van der Waals surface area contributed by atoms with Gasteiger partial charge in [0.05, 0.1) is 0 Å². The van der Waals surface area contributed by atoms with E-state index in [-0.39, 0.29) is 5.56 Å². The first-order valence-electron chi connectivity index (χ1n) is 5.43. The van der Waals surface area contributed by atoms with Crippen molar-refractivity contribution in [1.29, 1.82) is 0 Å². The van der Waals surface area contributed by atoms with Gasteiger partial charge in [-0.25, -0.2) is 9.47 Å². The number of carbonyl (C=O) groups excluding carboxylic acids is 1. The molecule has 1 amide bonds. The van der Waals surface area contributed by atoms with E-state index in [0.29, 0.717) is 11.0 Å². The van der Waals surface area contributed by atoms with Gasteiger partial charge in [0.15, 0.2) is 0 Å². The second-order valence-electron chi connectivity index (χ2n) is 3.80. The molecular formula is C12H8N4O3. The van der Waals surface area contributed by atoms with Crippen LogP contribution in [0.25, 0.3) is 11.0 Å². The quantitative estimate of drug-likeness (QED) is 0.684. The molecule has 0 aliphatic heterocycles. The molecule has 0 saturated carbocycles. The predicted octanol–water partition coefficient (Wildman–Crippen LogP) is 0.768. The van der Waals surface area contributed by atoms with Crippen molar-refractivity contribution in [3.8, 4) is 0 Å². The Morgan fingerprint density at radius 1 is 1.21 bits per heavy atom. The van der Waals surface area contributed by atoms with Gasteiger partial charge >= 0.3 is 5.63 Å². The molecule has 0 bridgehead atoms. The smallest absolute Gasteiger partial charge is 0.349 e. The van der Waals surface area contributed by atoms with Crippen LogP contribution in [-0.2, 0) is 0 Å². The number of rotatable bonds is 2. The Balaban J connectivity index is 2.02. The number of fused-ring (bicyclic) bond motifs is 1. The molecule has 19 heavy (non-hydrogen) atoms. The van der Waals surface area contributed by atoms with Gasteiger partial charge in [0, 0.05) is 5.39 Å². The molecule has 2 heterocycles. The van der Waals surface area contributed by atoms with Crippen LogP contribution in [0.2, 0.25) is 0 Å². The highest BCUT2D eigenvalue weighted by Crippen LogP contribution is 2.12. The lowest BCUT2D eigenvalue weighted by atomic mass is 10.2. The lowest BCUT2D eigenvalue weighted by molar-refractivity contribution is 0.100. The molecule has 2 aromatic heterocycles. The van der Waals surface area contributed by atoms with Crippen molar-refractivity contribution in [2.75, 3.05) is 5.43 Å². The number of carbonyl (C=O) groups is 1. The van der Waals surface area contributed by atoms with E-state index in [4.69, 9.17) is 4.42 Å². The number of amides is 1. The molecule has 0 spiro atoms. The molecule has 1 aromatic carbocycles. The second kappa shape index (κ2) is 4.37. The summed E-state index contributed by atoms with van der Waals surface area (Å²) >= 11 is 0. The van der Waals surface area contributed by atoms with E-state index >= 15 is 0 Å². The zero-order valence-electron chi connectivity index (χ0n) is 9.61. The Morgan fingerprint density at radius 3 is 2.74 bits per heavy atom. The zero-order valence-corrected chi connectivity index (χ0v) is 9.61. The van der Waals surface area contributed by atoms with Crippen molar-refractivity contribution >= 4 is 16.9 Å². The molecule has 7 heteroatoms. The second-order valence-corrected chi connectivity index (χ2v) is 3.80. The first-order chi connectivity index (χ1) is 9.24. The summed E-state index contributed by atoms with van der Waals surface area (Å²) in [5, 5.41) is 7.75. The standard InChI is InChI=1S/C12H8N4O3/c17-11(15-16-6-13-14-7-16)9-5-8-3-1-2-4-10(8)19-12(9)18/h1-7H,(H,15,17). The Kier molecular flexibility index (Phi) is 2.57. The summed E-state index contributed by atoms with van der Waals surface area (Å²) in [6.07, 6.45) is 2.61. The molecule has 0 unspecified atom stereocenters. The number of nitrogens with zero attached hydrogens (tertiary/aromatic N) is 3. The van der Waals surface area contributed by atoms with E-state index in [2.05, 4.69) is 15.6 Å². The first kappa shape index (κ1) is 11.1. The third kappa shape index (κ3) is 2.08. The van der Waals surface area contributed by atoms with Gasteiger partial charge in [-0.15, -0.1) is 10.2 Å². The van der Waals surface area contributed by atoms with Crippen molar-refractivity contribution in [1.82, 2.24) is 14.9 Å². The molecule has 7 nitrogen and oxygen atoms in total. The molecule has 0 atom stereocenters. The average molecular weight is 256 g/mol. The van der Waals surface area contributed by atoms with E-state index in [1.165, 1.54) is 23.4 Å². The van der Waals surface area contributed by atoms with Crippen LogP contribution in [0, 0.1) is 0 Å². The van der Waals surface area contributed by atoms with E-state index in [1.807, 2.05) is 0 Å². The fourth-order valence-electron chi connectivity index (χ4n) is 1.66. The summed E-state index contributed by atoms with van der Waals surface area (Å²) in [5.74, 6) is -0.584. The maximum atomic E-state index is 11.9. The van der Waals surface area contributed by atoms with Crippen LogP contribution in [0.1, 0.15) is 10.4 Å². The van der Waals surface area contributed by atoms with Crippen molar-refractivity contribution in [3.63, 3.8) is 0 Å². The Morgan fingerprint density at radius 2 is 1.95 bits per heavy atom. The van der Waals surface area contributed by atoms with Gasteiger partial charge in [-0.2, -0.15) is 0 Å². The Bertz CT molecular complexity index is 792. The third-order valence-electron chi connectivity index (χ3n) is 2.54. The average Bonchev–Trinajstić information content (AvgIpc) is 2.90. The van der Waals surface area contributed by atoms with Gasteiger partial charge < -0.3 is 4.42 Å². The van der Waals surface area contributed by atoms with Crippen molar-refractivity contribution in [2.24, 2.45) is 0 Å². The number of aromatic nitrogens is 3. The monoisotopic (exact) mass is 256 g/mol. The van der Waals surface area contributed by atoms with Crippen LogP contribution in [0.5, 0.6) is 0 Å². The van der Waals surface area contributed by atoms with Crippen molar-refractivity contribution < 1.29 is 9.21 Å². The molecule has 0 saturated heterocycles. The lowest BCUT2D eigenvalue weighted by Crippen LogP contribution is -2.26. The molecule has 1 N–H and O–H groups in total. The van der Waals surface area contributed by atoms with Gasteiger partial charge in [-0.05, 0) is 12.1 Å². The summed E-state index contributed by atoms with van der Waals surface area (Å²) in [4.78, 5) is 23.7. The largest absolute Gasteiger partial charge is 0.422 e.